The molecule has 124 valence electrons. The van der Waals surface area contributed by atoms with Gasteiger partial charge in [0.05, 0.1) is 12.9 Å². The molecule has 4 nitrogen and oxygen atoms in total. The Kier molecular flexibility index (Phi) is 6.19. The molecule has 0 aliphatic rings. The van der Waals surface area contributed by atoms with Gasteiger partial charge < -0.3 is 4.74 Å². The number of ether oxygens (including phenoxy) is 1. The Morgan fingerprint density at radius 3 is 2.52 bits per heavy atom. The minimum absolute atomic E-state index is 0.0217. The molecule has 0 saturated heterocycles. The molecule has 0 radical (unpaired) electrons. The van der Waals surface area contributed by atoms with Gasteiger partial charge in [-0.05, 0) is 43.0 Å². The molecule has 0 aromatic heterocycles. The third-order valence-electron chi connectivity index (χ3n) is 3.54. The first-order chi connectivity index (χ1) is 11.0. The third-order valence-corrected chi connectivity index (χ3v) is 4.89. The summed E-state index contributed by atoms with van der Waals surface area (Å²) in [5.74, 6) is 0.843. The van der Waals surface area contributed by atoms with Crippen molar-refractivity contribution in [2.24, 2.45) is 0 Å². The van der Waals surface area contributed by atoms with Gasteiger partial charge in [-0.1, -0.05) is 42.0 Å². The number of sulfonamides is 1. The number of hydrogen-bond donors (Lipinski definition) is 1. The van der Waals surface area contributed by atoms with Crippen molar-refractivity contribution in [2.45, 2.75) is 25.5 Å². The summed E-state index contributed by atoms with van der Waals surface area (Å²) < 4.78 is 32.0. The Hall–Kier alpha value is -1.85. The van der Waals surface area contributed by atoms with Gasteiger partial charge >= 0.3 is 0 Å². The van der Waals surface area contributed by atoms with Crippen LogP contribution in [0.3, 0.4) is 0 Å². The fraction of sp³-hybridized carbons (Fsp3) is 0.333. The second-order valence-electron chi connectivity index (χ2n) is 5.60. The smallest absolute Gasteiger partial charge is 0.215 e. The lowest BCUT2D eigenvalue weighted by atomic mass is 10.1. The van der Waals surface area contributed by atoms with E-state index in [2.05, 4.69) is 4.72 Å². The Morgan fingerprint density at radius 2 is 1.78 bits per heavy atom. The summed E-state index contributed by atoms with van der Waals surface area (Å²) in [6, 6.07) is 15.4. The Labute approximate surface area is 138 Å². The summed E-state index contributed by atoms with van der Waals surface area (Å²) >= 11 is 0. The van der Waals surface area contributed by atoms with Crippen LogP contribution in [0, 0.1) is 6.92 Å². The van der Waals surface area contributed by atoms with Crippen molar-refractivity contribution in [3.63, 3.8) is 0 Å². The molecule has 2 aromatic rings. The van der Waals surface area contributed by atoms with Crippen LogP contribution in [0.1, 0.15) is 23.1 Å². The van der Waals surface area contributed by atoms with E-state index in [1.807, 2.05) is 55.5 Å². The minimum atomic E-state index is -3.29. The van der Waals surface area contributed by atoms with Crippen LogP contribution in [-0.2, 0) is 22.2 Å². The van der Waals surface area contributed by atoms with E-state index in [0.717, 1.165) is 35.3 Å². The summed E-state index contributed by atoms with van der Waals surface area (Å²) in [7, 11) is -1.66. The maximum absolute atomic E-state index is 12.1. The summed E-state index contributed by atoms with van der Waals surface area (Å²) in [6.07, 6.45) is 1.56. The minimum Gasteiger partial charge on any atom is -0.497 e. The lowest BCUT2D eigenvalue weighted by molar-refractivity contribution is 0.414. The van der Waals surface area contributed by atoms with Gasteiger partial charge in [-0.3, -0.25) is 0 Å². The number of methoxy groups -OCH3 is 1. The van der Waals surface area contributed by atoms with Gasteiger partial charge in [-0.25, -0.2) is 13.1 Å². The average molecular weight is 333 g/mol. The molecule has 0 atom stereocenters. The van der Waals surface area contributed by atoms with Crippen LogP contribution in [0.2, 0.25) is 0 Å². The number of benzene rings is 2. The molecule has 23 heavy (non-hydrogen) atoms. The highest BCUT2D eigenvalue weighted by atomic mass is 32.2. The van der Waals surface area contributed by atoms with Gasteiger partial charge in [0.2, 0.25) is 10.0 Å². The highest BCUT2D eigenvalue weighted by Gasteiger charge is 2.10. The van der Waals surface area contributed by atoms with E-state index in [0.29, 0.717) is 6.54 Å². The Morgan fingerprint density at radius 1 is 1.04 bits per heavy atom. The van der Waals surface area contributed by atoms with E-state index in [-0.39, 0.29) is 5.75 Å². The zero-order chi connectivity index (χ0) is 16.7. The van der Waals surface area contributed by atoms with Crippen LogP contribution in [0.25, 0.3) is 0 Å². The summed E-state index contributed by atoms with van der Waals surface area (Å²) in [4.78, 5) is 0. The summed E-state index contributed by atoms with van der Waals surface area (Å²) in [5.41, 5.74) is 3.02. The second-order valence-corrected chi connectivity index (χ2v) is 7.40. The van der Waals surface area contributed by atoms with Crippen LogP contribution in [0.5, 0.6) is 5.75 Å². The Bertz CT molecular complexity index is 741. The quantitative estimate of drug-likeness (QED) is 0.756. The maximum atomic E-state index is 12.1. The Balaban J connectivity index is 1.80. The highest BCUT2D eigenvalue weighted by molar-refractivity contribution is 7.88. The molecule has 2 rings (SSSR count). The number of aryl methyl sites for hydroxylation is 2. The van der Waals surface area contributed by atoms with E-state index in [4.69, 9.17) is 4.74 Å². The highest BCUT2D eigenvalue weighted by Crippen LogP contribution is 2.14. The van der Waals surface area contributed by atoms with Crippen molar-refractivity contribution in [2.75, 3.05) is 13.7 Å². The van der Waals surface area contributed by atoms with E-state index >= 15 is 0 Å². The van der Waals surface area contributed by atoms with Gasteiger partial charge in [0.15, 0.2) is 0 Å². The van der Waals surface area contributed by atoms with Crippen LogP contribution in [0.15, 0.2) is 48.5 Å². The molecule has 5 heteroatoms. The molecule has 0 saturated carbocycles. The molecule has 0 amide bonds. The lowest BCUT2D eigenvalue weighted by Gasteiger charge is -2.08. The van der Waals surface area contributed by atoms with E-state index in [9.17, 15) is 8.42 Å². The molecule has 0 bridgehead atoms. The molecule has 0 aliphatic carbocycles. The van der Waals surface area contributed by atoms with Crippen molar-refractivity contribution >= 4 is 10.0 Å². The molecule has 0 unspecified atom stereocenters. The van der Waals surface area contributed by atoms with Crippen molar-refractivity contribution < 1.29 is 13.2 Å². The molecule has 0 spiro atoms. The summed E-state index contributed by atoms with van der Waals surface area (Å²) in [5, 5.41) is 0. The zero-order valence-electron chi connectivity index (χ0n) is 13.6. The molecule has 2 aromatic carbocycles. The fourth-order valence-corrected chi connectivity index (χ4v) is 3.60. The van der Waals surface area contributed by atoms with Gasteiger partial charge in [0, 0.05) is 6.54 Å². The van der Waals surface area contributed by atoms with Crippen LogP contribution in [-0.4, -0.2) is 22.1 Å². The van der Waals surface area contributed by atoms with Crippen molar-refractivity contribution in [1.29, 1.82) is 0 Å². The monoisotopic (exact) mass is 333 g/mol. The first kappa shape index (κ1) is 17.5. The van der Waals surface area contributed by atoms with Crippen LogP contribution < -0.4 is 9.46 Å². The first-order valence-corrected chi connectivity index (χ1v) is 9.29. The molecular weight excluding hydrogens is 310 g/mol. The normalized spacial score (nSPS) is 11.4. The molecular formula is C18H23NO3S. The molecule has 0 fully saturated rings. The SMILES string of the molecule is COc1cccc(CCCNS(=O)(=O)Cc2cccc(C)c2)c1. The maximum Gasteiger partial charge on any atom is 0.215 e. The van der Waals surface area contributed by atoms with Gasteiger partial charge in [0.25, 0.3) is 0 Å². The predicted octanol–water partition coefficient (Wildman–Crippen LogP) is 3.06. The van der Waals surface area contributed by atoms with Crippen LogP contribution >= 0.6 is 0 Å². The van der Waals surface area contributed by atoms with E-state index in [1.54, 1.807) is 7.11 Å². The number of rotatable bonds is 8. The van der Waals surface area contributed by atoms with Gasteiger partial charge in [-0.15, -0.1) is 0 Å². The topological polar surface area (TPSA) is 55.4 Å². The van der Waals surface area contributed by atoms with Crippen LogP contribution in [0.4, 0.5) is 0 Å². The molecule has 0 heterocycles. The predicted molar refractivity (Wildman–Crippen MR) is 93.1 cm³/mol. The third kappa shape index (κ3) is 6.04. The van der Waals surface area contributed by atoms with Gasteiger partial charge in [0.1, 0.15) is 5.75 Å². The molecule has 0 aliphatic heterocycles. The molecule has 1 N–H and O–H groups in total. The number of nitrogens with one attached hydrogen (secondary N) is 1. The second kappa shape index (κ2) is 8.13. The first-order valence-electron chi connectivity index (χ1n) is 7.64. The van der Waals surface area contributed by atoms with Crippen molar-refractivity contribution in [3.05, 3.63) is 65.2 Å². The standard InChI is InChI=1S/C18H23NO3S/c1-15-6-3-8-17(12-15)14-23(20,21)19-11-5-9-16-7-4-10-18(13-16)22-2/h3-4,6-8,10,12-13,19H,5,9,11,14H2,1-2H3. The largest absolute Gasteiger partial charge is 0.497 e. The lowest BCUT2D eigenvalue weighted by Crippen LogP contribution is -2.26. The fourth-order valence-electron chi connectivity index (χ4n) is 2.42. The average Bonchev–Trinajstić information content (AvgIpc) is 2.51. The van der Waals surface area contributed by atoms with E-state index in [1.165, 1.54) is 0 Å². The van der Waals surface area contributed by atoms with Gasteiger partial charge in [-0.2, -0.15) is 0 Å². The van der Waals surface area contributed by atoms with E-state index < -0.39 is 10.0 Å². The zero-order valence-corrected chi connectivity index (χ0v) is 14.4. The van der Waals surface area contributed by atoms with Crippen molar-refractivity contribution in [1.82, 2.24) is 4.72 Å². The summed E-state index contributed by atoms with van der Waals surface area (Å²) in [6.45, 7) is 2.39. The number of hydrogen-bond acceptors (Lipinski definition) is 3. The van der Waals surface area contributed by atoms with Crippen molar-refractivity contribution in [3.8, 4) is 5.75 Å².